The molecule has 3 aromatic rings. The van der Waals surface area contributed by atoms with Crippen molar-refractivity contribution in [3.63, 3.8) is 0 Å². The first-order chi connectivity index (χ1) is 13.4. The molecular formula is C25H19NO. The first-order valence-corrected chi connectivity index (χ1v) is 9.33. The van der Waals surface area contributed by atoms with Gasteiger partial charge in [0.15, 0.2) is 0 Å². The van der Waals surface area contributed by atoms with Gasteiger partial charge in [-0.1, -0.05) is 78.9 Å². The number of fused-ring (bicyclic) bond motifs is 4. The molecule has 1 aliphatic carbocycles. The fourth-order valence-electron chi connectivity index (χ4n) is 4.60. The van der Waals surface area contributed by atoms with Gasteiger partial charge in [-0.05, 0) is 27.8 Å². The van der Waals surface area contributed by atoms with Crippen LogP contribution in [0.5, 0.6) is 0 Å². The van der Waals surface area contributed by atoms with E-state index in [0.717, 1.165) is 22.3 Å². The lowest BCUT2D eigenvalue weighted by Gasteiger charge is -2.30. The smallest absolute Gasteiger partial charge is 0.0998 e. The average Bonchev–Trinajstić information content (AvgIpc) is 3.18. The van der Waals surface area contributed by atoms with Gasteiger partial charge in [0.25, 0.3) is 0 Å². The Morgan fingerprint density at radius 1 is 0.778 bits per heavy atom. The van der Waals surface area contributed by atoms with Crippen molar-refractivity contribution in [2.24, 2.45) is 5.92 Å². The van der Waals surface area contributed by atoms with E-state index in [4.69, 9.17) is 4.74 Å². The predicted molar refractivity (Wildman–Crippen MR) is 107 cm³/mol. The third kappa shape index (κ3) is 2.51. The van der Waals surface area contributed by atoms with Gasteiger partial charge >= 0.3 is 0 Å². The lowest BCUT2D eigenvalue weighted by molar-refractivity contribution is 0.185. The molecule has 5 rings (SSSR count). The van der Waals surface area contributed by atoms with E-state index in [0.29, 0.717) is 13.2 Å². The van der Waals surface area contributed by atoms with Crippen molar-refractivity contribution in [3.8, 4) is 17.2 Å². The molecule has 2 atom stereocenters. The van der Waals surface area contributed by atoms with E-state index in [1.54, 1.807) is 0 Å². The van der Waals surface area contributed by atoms with E-state index in [9.17, 15) is 5.26 Å². The molecule has 0 amide bonds. The first kappa shape index (κ1) is 16.1. The topological polar surface area (TPSA) is 33.0 Å². The molecule has 2 heteroatoms. The second-order valence-corrected chi connectivity index (χ2v) is 7.15. The van der Waals surface area contributed by atoms with Gasteiger partial charge in [0.1, 0.15) is 0 Å². The summed E-state index contributed by atoms with van der Waals surface area (Å²) < 4.78 is 5.91. The van der Waals surface area contributed by atoms with E-state index in [1.165, 1.54) is 16.7 Å². The molecule has 3 aromatic carbocycles. The summed E-state index contributed by atoms with van der Waals surface area (Å²) in [4.78, 5) is 0. The first-order valence-electron chi connectivity index (χ1n) is 9.33. The van der Waals surface area contributed by atoms with Crippen LogP contribution in [0.2, 0.25) is 0 Å². The van der Waals surface area contributed by atoms with Gasteiger partial charge in [-0.25, -0.2) is 0 Å². The summed E-state index contributed by atoms with van der Waals surface area (Å²) in [6.07, 6.45) is 0. The molecule has 0 aromatic heterocycles. The van der Waals surface area contributed by atoms with Crippen LogP contribution in [0.4, 0.5) is 0 Å². The Hall–Kier alpha value is -3.15. The highest BCUT2D eigenvalue weighted by molar-refractivity contribution is 5.91. The highest BCUT2D eigenvalue weighted by Crippen LogP contribution is 2.48. The van der Waals surface area contributed by atoms with Crippen LogP contribution in [0, 0.1) is 17.2 Å². The molecule has 2 aliphatic rings. The lowest BCUT2D eigenvalue weighted by Crippen LogP contribution is -2.19. The average molecular weight is 349 g/mol. The van der Waals surface area contributed by atoms with E-state index >= 15 is 0 Å². The van der Waals surface area contributed by atoms with Crippen molar-refractivity contribution in [2.75, 3.05) is 13.2 Å². The summed E-state index contributed by atoms with van der Waals surface area (Å²) in [5.74, 6) is 0.355. The minimum Gasteiger partial charge on any atom is -0.376 e. The lowest BCUT2D eigenvalue weighted by atomic mass is 9.72. The van der Waals surface area contributed by atoms with E-state index in [1.807, 2.05) is 6.07 Å². The molecule has 0 bridgehead atoms. The van der Waals surface area contributed by atoms with Crippen LogP contribution < -0.4 is 0 Å². The highest BCUT2D eigenvalue weighted by atomic mass is 16.5. The molecule has 0 saturated carbocycles. The summed E-state index contributed by atoms with van der Waals surface area (Å²) in [6, 6.07) is 30.0. The zero-order chi connectivity index (χ0) is 18.2. The summed E-state index contributed by atoms with van der Waals surface area (Å²) in [7, 11) is 0. The van der Waals surface area contributed by atoms with Gasteiger partial charge in [0.05, 0.1) is 24.9 Å². The molecule has 0 unspecified atom stereocenters. The van der Waals surface area contributed by atoms with Gasteiger partial charge in [0, 0.05) is 17.4 Å². The van der Waals surface area contributed by atoms with Crippen LogP contribution >= 0.6 is 0 Å². The second kappa shape index (κ2) is 6.54. The van der Waals surface area contributed by atoms with E-state index in [2.05, 4.69) is 78.9 Å². The number of nitrogens with zero attached hydrogens (tertiary/aromatic N) is 1. The molecular weight excluding hydrogens is 330 g/mol. The Bertz CT molecular complexity index is 1070. The predicted octanol–water partition coefficient (Wildman–Crippen LogP) is 5.42. The fraction of sp³-hybridized carbons (Fsp3) is 0.160. The van der Waals surface area contributed by atoms with Crippen LogP contribution in [0.15, 0.2) is 84.4 Å². The van der Waals surface area contributed by atoms with Crippen LogP contribution in [0.1, 0.15) is 22.6 Å². The second-order valence-electron chi connectivity index (χ2n) is 7.15. The molecule has 27 heavy (non-hydrogen) atoms. The Labute approximate surface area is 159 Å². The summed E-state index contributed by atoms with van der Waals surface area (Å²) in [6.45, 7) is 1.18. The van der Waals surface area contributed by atoms with Crippen LogP contribution in [0.3, 0.4) is 0 Å². The quantitative estimate of drug-likeness (QED) is 0.587. The van der Waals surface area contributed by atoms with Crippen LogP contribution in [-0.2, 0) is 4.74 Å². The zero-order valence-corrected chi connectivity index (χ0v) is 14.9. The molecule has 2 nitrogen and oxygen atoms in total. The van der Waals surface area contributed by atoms with Gasteiger partial charge in [0.2, 0.25) is 0 Å². The molecule has 0 radical (unpaired) electrons. The third-order valence-electron chi connectivity index (χ3n) is 5.78. The van der Waals surface area contributed by atoms with Gasteiger partial charge in [-0.3, -0.25) is 0 Å². The van der Waals surface area contributed by atoms with Crippen molar-refractivity contribution < 1.29 is 4.74 Å². The number of nitriles is 1. The fourth-order valence-corrected chi connectivity index (χ4v) is 4.60. The zero-order valence-electron chi connectivity index (χ0n) is 14.9. The Morgan fingerprint density at radius 3 is 2.22 bits per heavy atom. The SMILES string of the molecule is N#C/C1=C2\COC[C@@H]2[C@@H](c2ccccc2)c2ccccc2-c2ccccc21. The largest absolute Gasteiger partial charge is 0.376 e. The molecule has 1 aliphatic heterocycles. The van der Waals surface area contributed by atoms with Crippen molar-refractivity contribution >= 4 is 5.57 Å². The van der Waals surface area contributed by atoms with Gasteiger partial charge in [-0.15, -0.1) is 0 Å². The number of hydrogen-bond acceptors (Lipinski definition) is 2. The van der Waals surface area contributed by atoms with Crippen molar-refractivity contribution in [1.82, 2.24) is 0 Å². The van der Waals surface area contributed by atoms with Crippen molar-refractivity contribution in [3.05, 3.63) is 101 Å². The molecule has 130 valence electrons. The highest BCUT2D eigenvalue weighted by Gasteiger charge is 2.37. The van der Waals surface area contributed by atoms with Crippen LogP contribution in [-0.4, -0.2) is 13.2 Å². The third-order valence-corrected chi connectivity index (χ3v) is 5.78. The van der Waals surface area contributed by atoms with Crippen molar-refractivity contribution in [1.29, 1.82) is 5.26 Å². The maximum absolute atomic E-state index is 10.0. The van der Waals surface area contributed by atoms with Crippen LogP contribution in [0.25, 0.3) is 16.7 Å². The Morgan fingerprint density at radius 2 is 1.44 bits per heavy atom. The summed E-state index contributed by atoms with van der Waals surface area (Å²) in [5, 5.41) is 10.0. The number of hydrogen-bond donors (Lipinski definition) is 0. The molecule has 0 spiro atoms. The summed E-state index contributed by atoms with van der Waals surface area (Å²) >= 11 is 0. The van der Waals surface area contributed by atoms with E-state index < -0.39 is 0 Å². The molecule has 1 saturated heterocycles. The van der Waals surface area contributed by atoms with Gasteiger partial charge in [-0.2, -0.15) is 5.26 Å². The molecule has 0 N–H and O–H groups in total. The number of rotatable bonds is 1. The minimum absolute atomic E-state index is 0.177. The molecule has 1 heterocycles. The Kier molecular flexibility index (Phi) is 3.89. The standard InChI is InChI=1S/C25H19NO/c26-14-22-20-12-5-4-10-18(20)19-11-6-7-13-21(19)25(17-8-2-1-3-9-17)24-16-27-15-23(22)24/h1-13,24-25H,15-16H2/b23-22-/t24-,25-/m0/s1. The molecule has 1 fully saturated rings. The summed E-state index contributed by atoms with van der Waals surface area (Å²) in [5.41, 5.74) is 7.85. The Balaban J connectivity index is 1.88. The van der Waals surface area contributed by atoms with E-state index in [-0.39, 0.29) is 11.8 Å². The van der Waals surface area contributed by atoms with Gasteiger partial charge < -0.3 is 4.74 Å². The monoisotopic (exact) mass is 349 g/mol. The maximum atomic E-state index is 10.0. The minimum atomic E-state index is 0.177. The maximum Gasteiger partial charge on any atom is 0.0998 e. The van der Waals surface area contributed by atoms with Crippen molar-refractivity contribution in [2.45, 2.75) is 5.92 Å². The number of allylic oxidation sites excluding steroid dienone is 1. The number of benzene rings is 3. The number of ether oxygens (including phenoxy) is 1. The normalized spacial score (nSPS) is 23.4.